The van der Waals surface area contributed by atoms with Crippen LogP contribution in [-0.4, -0.2) is 73.5 Å². The molecule has 2 fully saturated rings. The summed E-state index contributed by atoms with van der Waals surface area (Å²) in [6, 6.07) is 0.660. The van der Waals surface area contributed by atoms with Gasteiger partial charge in [0.25, 0.3) is 0 Å². The zero-order valence-electron chi connectivity index (χ0n) is 15.9. The molecule has 1 atom stereocenters. The lowest BCUT2D eigenvalue weighted by Gasteiger charge is -2.27. The molecule has 6 nitrogen and oxygen atoms in total. The third-order valence-electron chi connectivity index (χ3n) is 5.03. The molecule has 2 rings (SSSR count). The van der Waals surface area contributed by atoms with Crippen molar-refractivity contribution in [2.45, 2.75) is 53.0 Å². The zero-order valence-corrected chi connectivity index (χ0v) is 15.9. The maximum atomic E-state index is 12.2. The van der Waals surface area contributed by atoms with Gasteiger partial charge in [-0.1, -0.05) is 0 Å². The van der Waals surface area contributed by atoms with E-state index < -0.39 is 5.41 Å². The molecule has 2 heterocycles. The largest absolute Gasteiger partial charge is 0.357 e. The predicted octanol–water partition coefficient (Wildman–Crippen LogP) is 1.28. The van der Waals surface area contributed by atoms with Crippen LogP contribution in [0.2, 0.25) is 0 Å². The minimum absolute atomic E-state index is 0.0703. The standard InChI is InChI=1S/C18H35N5O/c1-5-19-16(24)18(3,4)14-21-17(20-6-2)23-12-9-15(13-23)22-10-7-8-11-22/h15H,5-14H2,1-4H3,(H,19,24)(H,20,21). The van der Waals surface area contributed by atoms with E-state index in [9.17, 15) is 4.79 Å². The summed E-state index contributed by atoms with van der Waals surface area (Å²) in [5, 5.41) is 6.31. The van der Waals surface area contributed by atoms with Crippen LogP contribution in [0, 0.1) is 5.41 Å². The Morgan fingerprint density at radius 3 is 2.42 bits per heavy atom. The van der Waals surface area contributed by atoms with Gasteiger partial charge in [0.15, 0.2) is 5.96 Å². The van der Waals surface area contributed by atoms with Crippen LogP contribution in [0.1, 0.15) is 47.0 Å². The Balaban J connectivity index is 1.96. The molecule has 0 aromatic rings. The van der Waals surface area contributed by atoms with Gasteiger partial charge >= 0.3 is 0 Å². The van der Waals surface area contributed by atoms with Crippen LogP contribution in [0.5, 0.6) is 0 Å². The van der Waals surface area contributed by atoms with Gasteiger partial charge in [-0.25, -0.2) is 0 Å². The fourth-order valence-electron chi connectivity index (χ4n) is 3.51. The summed E-state index contributed by atoms with van der Waals surface area (Å²) in [7, 11) is 0. The Morgan fingerprint density at radius 1 is 1.12 bits per heavy atom. The maximum Gasteiger partial charge on any atom is 0.227 e. The van der Waals surface area contributed by atoms with Crippen molar-refractivity contribution in [2.24, 2.45) is 10.4 Å². The van der Waals surface area contributed by atoms with Gasteiger partial charge in [-0.15, -0.1) is 0 Å². The average molecular weight is 338 g/mol. The summed E-state index contributed by atoms with van der Waals surface area (Å²) in [5.74, 6) is 1.03. The highest BCUT2D eigenvalue weighted by atomic mass is 16.2. The topological polar surface area (TPSA) is 60.0 Å². The van der Waals surface area contributed by atoms with Gasteiger partial charge in [-0.05, 0) is 60.0 Å². The fraction of sp³-hybridized carbons (Fsp3) is 0.889. The molecule has 0 spiro atoms. The second-order valence-electron chi connectivity index (χ2n) is 7.55. The lowest BCUT2D eigenvalue weighted by Crippen LogP contribution is -2.44. The first-order valence-electron chi connectivity index (χ1n) is 9.53. The molecule has 0 aromatic heterocycles. The highest BCUT2D eigenvalue weighted by Gasteiger charge is 2.32. The summed E-state index contributed by atoms with van der Waals surface area (Å²) >= 11 is 0. The van der Waals surface area contributed by atoms with Gasteiger partial charge in [-0.2, -0.15) is 0 Å². The molecule has 1 amide bonds. The van der Waals surface area contributed by atoms with Crippen molar-refractivity contribution >= 4 is 11.9 Å². The molecule has 0 aliphatic carbocycles. The number of rotatable bonds is 6. The lowest BCUT2D eigenvalue weighted by atomic mass is 9.92. The molecule has 2 aliphatic heterocycles. The molecule has 138 valence electrons. The monoisotopic (exact) mass is 337 g/mol. The molecule has 1 unspecified atom stereocenters. The molecular weight excluding hydrogens is 302 g/mol. The SMILES string of the molecule is CCNC(=O)C(C)(C)CN=C(NCC)N1CCC(N2CCCC2)C1. The second kappa shape index (κ2) is 8.70. The van der Waals surface area contributed by atoms with Crippen molar-refractivity contribution < 1.29 is 4.79 Å². The van der Waals surface area contributed by atoms with E-state index in [2.05, 4.69) is 27.4 Å². The van der Waals surface area contributed by atoms with Gasteiger partial charge < -0.3 is 15.5 Å². The number of likely N-dealkylation sites (tertiary alicyclic amines) is 2. The Kier molecular flexibility index (Phi) is 6.90. The number of nitrogens with zero attached hydrogens (tertiary/aromatic N) is 3. The van der Waals surface area contributed by atoms with E-state index in [0.29, 0.717) is 19.1 Å². The highest BCUT2D eigenvalue weighted by Crippen LogP contribution is 2.21. The average Bonchev–Trinajstić information content (AvgIpc) is 3.22. The fourth-order valence-corrected chi connectivity index (χ4v) is 3.51. The number of carbonyl (C=O) groups is 1. The van der Waals surface area contributed by atoms with E-state index in [-0.39, 0.29) is 5.91 Å². The van der Waals surface area contributed by atoms with E-state index in [1.165, 1.54) is 32.4 Å². The highest BCUT2D eigenvalue weighted by molar-refractivity contribution is 5.84. The first-order valence-corrected chi connectivity index (χ1v) is 9.53. The van der Waals surface area contributed by atoms with Gasteiger partial charge in [0.2, 0.25) is 5.91 Å². The van der Waals surface area contributed by atoms with Crippen LogP contribution >= 0.6 is 0 Å². The second-order valence-corrected chi connectivity index (χ2v) is 7.55. The Hall–Kier alpha value is -1.30. The Morgan fingerprint density at radius 2 is 1.79 bits per heavy atom. The first kappa shape index (κ1) is 19.0. The van der Waals surface area contributed by atoms with Crippen molar-refractivity contribution in [3.63, 3.8) is 0 Å². The van der Waals surface area contributed by atoms with Gasteiger partial charge in [-0.3, -0.25) is 14.7 Å². The van der Waals surface area contributed by atoms with Crippen LogP contribution in [0.4, 0.5) is 0 Å². The van der Waals surface area contributed by atoms with E-state index >= 15 is 0 Å². The predicted molar refractivity (Wildman–Crippen MR) is 99.2 cm³/mol. The number of nitrogens with one attached hydrogen (secondary N) is 2. The minimum atomic E-state index is -0.481. The number of amides is 1. The number of guanidine groups is 1. The molecule has 0 bridgehead atoms. The number of carbonyl (C=O) groups excluding carboxylic acids is 1. The van der Waals surface area contributed by atoms with Crippen LogP contribution < -0.4 is 10.6 Å². The summed E-state index contributed by atoms with van der Waals surface area (Å²) in [4.78, 5) is 21.9. The van der Waals surface area contributed by atoms with Gasteiger partial charge in [0.05, 0.1) is 12.0 Å². The molecule has 2 saturated heterocycles. The Labute approximate surface area is 147 Å². The Bertz CT molecular complexity index is 443. The number of hydrogen-bond donors (Lipinski definition) is 2. The van der Waals surface area contributed by atoms with Crippen LogP contribution in [0.25, 0.3) is 0 Å². The van der Waals surface area contributed by atoms with Crippen molar-refractivity contribution in [1.29, 1.82) is 0 Å². The molecule has 2 aliphatic rings. The maximum absolute atomic E-state index is 12.2. The van der Waals surface area contributed by atoms with E-state index in [0.717, 1.165) is 25.6 Å². The molecule has 2 N–H and O–H groups in total. The van der Waals surface area contributed by atoms with Crippen LogP contribution in [0.3, 0.4) is 0 Å². The number of aliphatic imine (C=N–C) groups is 1. The lowest BCUT2D eigenvalue weighted by molar-refractivity contribution is -0.128. The molecule has 0 aromatic carbocycles. The van der Waals surface area contributed by atoms with Crippen molar-refractivity contribution in [3.8, 4) is 0 Å². The summed E-state index contributed by atoms with van der Waals surface area (Å²) < 4.78 is 0. The van der Waals surface area contributed by atoms with Crippen molar-refractivity contribution in [3.05, 3.63) is 0 Å². The molecule has 24 heavy (non-hydrogen) atoms. The van der Waals surface area contributed by atoms with Gasteiger partial charge in [0.1, 0.15) is 0 Å². The normalized spacial score (nSPS) is 22.9. The smallest absolute Gasteiger partial charge is 0.227 e. The summed E-state index contributed by atoms with van der Waals surface area (Å²) in [6.07, 6.45) is 3.89. The molecular formula is C18H35N5O. The van der Waals surface area contributed by atoms with Gasteiger partial charge in [0, 0.05) is 32.2 Å². The van der Waals surface area contributed by atoms with E-state index in [1.54, 1.807) is 0 Å². The molecule has 0 saturated carbocycles. The number of hydrogen-bond acceptors (Lipinski definition) is 3. The van der Waals surface area contributed by atoms with E-state index in [1.807, 2.05) is 20.8 Å². The van der Waals surface area contributed by atoms with Crippen molar-refractivity contribution in [2.75, 3.05) is 45.8 Å². The third-order valence-corrected chi connectivity index (χ3v) is 5.03. The quantitative estimate of drug-likeness (QED) is 0.566. The minimum Gasteiger partial charge on any atom is -0.357 e. The molecule has 0 radical (unpaired) electrons. The van der Waals surface area contributed by atoms with Crippen molar-refractivity contribution in [1.82, 2.24) is 20.4 Å². The van der Waals surface area contributed by atoms with Crippen LogP contribution in [-0.2, 0) is 4.79 Å². The summed E-state index contributed by atoms with van der Waals surface area (Å²) in [5.41, 5.74) is -0.481. The first-order chi connectivity index (χ1) is 11.5. The zero-order chi connectivity index (χ0) is 17.6. The summed E-state index contributed by atoms with van der Waals surface area (Å²) in [6.45, 7) is 14.6. The van der Waals surface area contributed by atoms with Crippen LogP contribution in [0.15, 0.2) is 4.99 Å². The van der Waals surface area contributed by atoms with E-state index in [4.69, 9.17) is 4.99 Å². The third kappa shape index (κ3) is 4.85. The molecule has 6 heteroatoms.